The summed E-state index contributed by atoms with van der Waals surface area (Å²) >= 11 is 0. The van der Waals surface area contributed by atoms with Crippen LogP contribution < -0.4 is 10.6 Å². The third-order valence-electron chi connectivity index (χ3n) is 2.98. The van der Waals surface area contributed by atoms with Gasteiger partial charge in [0.2, 0.25) is 0 Å². The topological polar surface area (TPSA) is 93.7 Å². The van der Waals surface area contributed by atoms with E-state index in [0.717, 1.165) is 11.6 Å². The van der Waals surface area contributed by atoms with Crippen LogP contribution in [0.2, 0.25) is 0 Å². The molecule has 0 aliphatic heterocycles. The van der Waals surface area contributed by atoms with Gasteiger partial charge in [0, 0.05) is 17.8 Å². The number of carbonyl (C=O) groups is 3. The first-order chi connectivity index (χ1) is 10.9. The lowest BCUT2D eigenvalue weighted by Crippen LogP contribution is -2.23. The molecule has 0 saturated carbocycles. The molecule has 1 amide bonds. The highest BCUT2D eigenvalue weighted by atomic mass is 16.5. The molecule has 1 aromatic carbocycles. The Labute approximate surface area is 134 Å². The van der Waals surface area contributed by atoms with E-state index in [1.807, 2.05) is 6.92 Å². The lowest BCUT2D eigenvalue weighted by Gasteiger charge is -2.13. The molecule has 7 nitrogen and oxygen atoms in total. The van der Waals surface area contributed by atoms with Crippen LogP contribution in [-0.2, 0) is 19.1 Å². The number of hydrogen-bond donors (Lipinski definition) is 2. The van der Waals surface area contributed by atoms with Crippen LogP contribution in [0, 0.1) is 6.92 Å². The molecule has 0 aromatic heterocycles. The van der Waals surface area contributed by atoms with E-state index in [4.69, 9.17) is 0 Å². The summed E-state index contributed by atoms with van der Waals surface area (Å²) in [5.41, 5.74) is 1.64. The second kappa shape index (κ2) is 8.57. The molecule has 0 saturated heterocycles. The van der Waals surface area contributed by atoms with Crippen molar-refractivity contribution < 1.29 is 23.9 Å². The first kappa shape index (κ1) is 18.2. The van der Waals surface area contributed by atoms with Gasteiger partial charge in [-0.2, -0.15) is 0 Å². The maximum atomic E-state index is 11.9. The van der Waals surface area contributed by atoms with Crippen LogP contribution in [0.4, 0.5) is 5.69 Å². The van der Waals surface area contributed by atoms with Crippen LogP contribution in [0.1, 0.15) is 22.8 Å². The van der Waals surface area contributed by atoms with Crippen LogP contribution in [0.5, 0.6) is 0 Å². The number of esters is 2. The van der Waals surface area contributed by atoms with E-state index in [0.29, 0.717) is 17.8 Å². The fraction of sp³-hybridized carbons (Fsp3) is 0.312. The van der Waals surface area contributed by atoms with Crippen molar-refractivity contribution in [3.63, 3.8) is 0 Å². The molecule has 2 N–H and O–H groups in total. The molecule has 0 fully saturated rings. The molecule has 0 atom stereocenters. The van der Waals surface area contributed by atoms with Gasteiger partial charge in [-0.1, -0.05) is 6.07 Å². The van der Waals surface area contributed by atoms with Gasteiger partial charge in [0.15, 0.2) is 0 Å². The van der Waals surface area contributed by atoms with E-state index >= 15 is 0 Å². The molecule has 0 bridgehead atoms. The molecule has 0 aliphatic carbocycles. The first-order valence-electron chi connectivity index (χ1n) is 6.96. The van der Waals surface area contributed by atoms with Gasteiger partial charge in [0.25, 0.3) is 5.91 Å². The van der Waals surface area contributed by atoms with Gasteiger partial charge in [-0.05, 0) is 31.5 Å². The summed E-state index contributed by atoms with van der Waals surface area (Å²) in [5, 5.41) is 5.50. The summed E-state index contributed by atoms with van der Waals surface area (Å²) in [6.07, 6.45) is 0.990. The normalized spacial score (nSPS) is 10.7. The maximum absolute atomic E-state index is 11.9. The largest absolute Gasteiger partial charge is 0.466 e. The minimum Gasteiger partial charge on any atom is -0.466 e. The van der Waals surface area contributed by atoms with E-state index in [2.05, 4.69) is 20.1 Å². The van der Waals surface area contributed by atoms with Gasteiger partial charge >= 0.3 is 11.9 Å². The molecular weight excluding hydrogens is 300 g/mol. The Morgan fingerprint density at radius 3 is 2.43 bits per heavy atom. The number of hydrogen-bond acceptors (Lipinski definition) is 6. The summed E-state index contributed by atoms with van der Waals surface area (Å²) in [6, 6.07) is 5.00. The third kappa shape index (κ3) is 5.14. The zero-order chi connectivity index (χ0) is 17.4. The number of aryl methyl sites for hydroxylation is 1. The van der Waals surface area contributed by atoms with Gasteiger partial charge < -0.3 is 20.1 Å². The molecule has 0 spiro atoms. The molecule has 0 aliphatic rings. The Morgan fingerprint density at radius 1 is 1.17 bits per heavy atom. The molecular formula is C16H20N2O5. The maximum Gasteiger partial charge on any atom is 0.354 e. The summed E-state index contributed by atoms with van der Waals surface area (Å²) < 4.78 is 9.14. The molecule has 124 valence electrons. The average molecular weight is 320 g/mol. The van der Waals surface area contributed by atoms with E-state index in [1.165, 1.54) is 14.2 Å². The second-order valence-electron chi connectivity index (χ2n) is 4.59. The Hall–Kier alpha value is -2.83. The van der Waals surface area contributed by atoms with E-state index in [9.17, 15) is 14.4 Å². The molecule has 0 radical (unpaired) electrons. The Balaban J connectivity index is 3.15. The van der Waals surface area contributed by atoms with Gasteiger partial charge in [-0.15, -0.1) is 0 Å². The predicted octanol–water partition coefficient (Wildman–Crippen LogP) is 1.39. The van der Waals surface area contributed by atoms with E-state index in [1.54, 1.807) is 25.1 Å². The average Bonchev–Trinajstić information content (AvgIpc) is 2.55. The summed E-state index contributed by atoms with van der Waals surface area (Å²) in [7, 11) is 2.40. The molecule has 7 heteroatoms. The molecule has 0 unspecified atom stereocenters. The summed E-state index contributed by atoms with van der Waals surface area (Å²) in [6.45, 7) is 4.13. The highest BCUT2D eigenvalue weighted by molar-refractivity contribution is 6.00. The molecule has 0 heterocycles. The van der Waals surface area contributed by atoms with Crippen LogP contribution in [0.3, 0.4) is 0 Å². The van der Waals surface area contributed by atoms with Crippen molar-refractivity contribution in [2.24, 2.45) is 0 Å². The quantitative estimate of drug-likeness (QED) is 0.607. The number of rotatable bonds is 6. The number of benzene rings is 1. The standard InChI is InChI=1S/C16H20N2O5/c1-5-17-15(20)11-7-6-10(2)12(8-11)18-13(16(21)23-4)9-14(19)22-3/h6-9,18H,5H2,1-4H3,(H,17,20)/b13-9+. The predicted molar refractivity (Wildman–Crippen MR) is 84.9 cm³/mol. The van der Waals surface area contributed by atoms with Crippen LogP contribution in [0.25, 0.3) is 0 Å². The highest BCUT2D eigenvalue weighted by Crippen LogP contribution is 2.19. The third-order valence-corrected chi connectivity index (χ3v) is 2.98. The van der Waals surface area contributed by atoms with Crippen molar-refractivity contribution in [3.8, 4) is 0 Å². The zero-order valence-corrected chi connectivity index (χ0v) is 13.6. The number of ether oxygens (including phenoxy) is 2. The minimum atomic E-state index is -0.724. The Kier molecular flexibility index (Phi) is 6.79. The zero-order valence-electron chi connectivity index (χ0n) is 13.6. The molecule has 1 aromatic rings. The smallest absolute Gasteiger partial charge is 0.354 e. The fourth-order valence-corrected chi connectivity index (χ4v) is 1.74. The van der Waals surface area contributed by atoms with Gasteiger partial charge in [0.1, 0.15) is 5.70 Å². The highest BCUT2D eigenvalue weighted by Gasteiger charge is 2.15. The fourth-order valence-electron chi connectivity index (χ4n) is 1.74. The van der Waals surface area contributed by atoms with E-state index in [-0.39, 0.29) is 11.6 Å². The Morgan fingerprint density at radius 2 is 1.87 bits per heavy atom. The van der Waals surface area contributed by atoms with Crippen LogP contribution in [0.15, 0.2) is 30.0 Å². The number of methoxy groups -OCH3 is 2. The van der Waals surface area contributed by atoms with Crippen molar-refractivity contribution in [1.82, 2.24) is 5.32 Å². The van der Waals surface area contributed by atoms with Gasteiger partial charge in [-0.3, -0.25) is 4.79 Å². The number of amides is 1. The molecule has 1 rings (SSSR count). The van der Waals surface area contributed by atoms with Crippen molar-refractivity contribution in [1.29, 1.82) is 0 Å². The monoisotopic (exact) mass is 320 g/mol. The van der Waals surface area contributed by atoms with E-state index < -0.39 is 11.9 Å². The van der Waals surface area contributed by atoms with Crippen molar-refractivity contribution >= 4 is 23.5 Å². The summed E-state index contributed by atoms with van der Waals surface area (Å²) in [4.78, 5) is 35.0. The first-order valence-corrected chi connectivity index (χ1v) is 6.96. The van der Waals surface area contributed by atoms with Crippen molar-refractivity contribution in [2.45, 2.75) is 13.8 Å². The summed E-state index contributed by atoms with van der Waals surface area (Å²) in [5.74, 6) is -1.65. The number of anilines is 1. The van der Waals surface area contributed by atoms with Gasteiger partial charge in [-0.25, -0.2) is 9.59 Å². The van der Waals surface area contributed by atoms with Crippen LogP contribution >= 0.6 is 0 Å². The van der Waals surface area contributed by atoms with Gasteiger partial charge in [0.05, 0.1) is 20.3 Å². The van der Waals surface area contributed by atoms with Crippen LogP contribution in [-0.4, -0.2) is 38.6 Å². The van der Waals surface area contributed by atoms with Crippen molar-refractivity contribution in [2.75, 3.05) is 26.1 Å². The Bertz CT molecular complexity index is 637. The number of carbonyl (C=O) groups excluding carboxylic acids is 3. The lowest BCUT2D eigenvalue weighted by atomic mass is 10.1. The van der Waals surface area contributed by atoms with Crippen molar-refractivity contribution in [3.05, 3.63) is 41.1 Å². The SMILES string of the molecule is CCNC(=O)c1ccc(C)c(N/C(=C/C(=O)OC)C(=O)OC)c1. The minimum absolute atomic E-state index is 0.0875. The molecule has 23 heavy (non-hydrogen) atoms. The second-order valence-corrected chi connectivity index (χ2v) is 4.59. The lowest BCUT2D eigenvalue weighted by molar-refractivity contribution is -0.138. The number of nitrogens with one attached hydrogen (secondary N) is 2.